The average molecular weight is 357 g/mol. The maximum absolute atomic E-state index is 12.5. The molecule has 1 unspecified atom stereocenters. The molecule has 0 saturated heterocycles. The molecule has 132 valence electrons. The fourth-order valence-electron chi connectivity index (χ4n) is 3.31. The molecule has 1 atom stereocenters. The van der Waals surface area contributed by atoms with E-state index < -0.39 is 0 Å². The molecule has 2 heterocycles. The molecule has 2 saturated carbocycles. The lowest BCUT2D eigenvalue weighted by Crippen LogP contribution is -2.37. The van der Waals surface area contributed by atoms with Gasteiger partial charge in [0.25, 0.3) is 0 Å². The van der Waals surface area contributed by atoms with Gasteiger partial charge in [0.2, 0.25) is 5.91 Å². The minimum atomic E-state index is -0.177. The number of carbonyl (C=O) groups excluding carboxylic acids is 1. The highest BCUT2D eigenvalue weighted by molar-refractivity contribution is 8.00. The first-order valence-electron chi connectivity index (χ1n) is 9.04. The third-order valence-electron chi connectivity index (χ3n) is 4.85. The number of nitrogens with zero attached hydrogens (tertiary/aromatic N) is 4. The van der Waals surface area contributed by atoms with Crippen LogP contribution in [0.3, 0.4) is 0 Å². The fourth-order valence-corrected chi connectivity index (χ4v) is 4.24. The van der Waals surface area contributed by atoms with Crippen LogP contribution >= 0.6 is 11.8 Å². The normalized spacial score (nSPS) is 19.1. The van der Waals surface area contributed by atoms with E-state index in [1.54, 1.807) is 6.20 Å². The minimum Gasteiger partial charge on any atom is -0.352 e. The second kappa shape index (κ2) is 7.15. The summed E-state index contributed by atoms with van der Waals surface area (Å²) in [5, 5.41) is 12.6. The summed E-state index contributed by atoms with van der Waals surface area (Å²) in [5.41, 5.74) is 0.969. The molecule has 25 heavy (non-hydrogen) atoms. The minimum absolute atomic E-state index is 0.102. The van der Waals surface area contributed by atoms with E-state index in [1.165, 1.54) is 24.6 Å². The molecule has 2 aliphatic rings. The summed E-state index contributed by atoms with van der Waals surface area (Å²) in [6.45, 7) is 1.95. The van der Waals surface area contributed by atoms with Gasteiger partial charge in [-0.1, -0.05) is 24.6 Å². The summed E-state index contributed by atoms with van der Waals surface area (Å²) >= 11 is 1.50. The van der Waals surface area contributed by atoms with Crippen molar-refractivity contribution in [1.82, 2.24) is 25.1 Å². The lowest BCUT2D eigenvalue weighted by atomic mass is 10.2. The highest BCUT2D eigenvalue weighted by atomic mass is 32.2. The number of pyridine rings is 1. The molecule has 7 heteroatoms. The zero-order valence-corrected chi connectivity index (χ0v) is 15.2. The maximum atomic E-state index is 12.5. The number of amides is 1. The summed E-state index contributed by atoms with van der Waals surface area (Å²) in [4.78, 5) is 16.7. The van der Waals surface area contributed by atoms with Crippen molar-refractivity contribution >= 4 is 17.7 Å². The fraction of sp³-hybridized carbons (Fsp3) is 0.556. The zero-order valence-electron chi connectivity index (χ0n) is 14.4. The molecule has 2 fully saturated rings. The number of carbonyl (C=O) groups is 1. The summed E-state index contributed by atoms with van der Waals surface area (Å²) < 4.78 is 2.18. The number of hydrogen-bond donors (Lipinski definition) is 1. The van der Waals surface area contributed by atoms with E-state index >= 15 is 0 Å². The SMILES string of the molecule is CC(Sc1nnc(-c2cccnc2)n1C1CC1)C(=O)NC1CCCC1. The monoisotopic (exact) mass is 357 g/mol. The van der Waals surface area contributed by atoms with Crippen LogP contribution in [0, 0.1) is 0 Å². The van der Waals surface area contributed by atoms with Crippen molar-refractivity contribution in [2.45, 2.75) is 67.9 Å². The van der Waals surface area contributed by atoms with Gasteiger partial charge in [-0.15, -0.1) is 10.2 Å². The summed E-state index contributed by atoms with van der Waals surface area (Å²) in [6, 6.07) is 4.70. The molecular weight excluding hydrogens is 334 g/mol. The van der Waals surface area contributed by atoms with E-state index in [2.05, 4.69) is 25.1 Å². The van der Waals surface area contributed by atoms with Crippen molar-refractivity contribution < 1.29 is 4.79 Å². The molecule has 4 rings (SSSR count). The van der Waals surface area contributed by atoms with E-state index in [-0.39, 0.29) is 11.2 Å². The lowest BCUT2D eigenvalue weighted by Gasteiger charge is -2.16. The third kappa shape index (κ3) is 3.71. The summed E-state index contributed by atoms with van der Waals surface area (Å²) in [7, 11) is 0. The molecule has 0 aromatic carbocycles. The van der Waals surface area contributed by atoms with E-state index in [1.807, 2.05) is 25.3 Å². The Morgan fingerprint density at radius 2 is 2.08 bits per heavy atom. The predicted octanol–water partition coefficient (Wildman–Crippen LogP) is 3.21. The second-order valence-corrected chi connectivity index (χ2v) is 8.21. The number of thioether (sulfide) groups is 1. The van der Waals surface area contributed by atoms with Crippen molar-refractivity contribution in [2.24, 2.45) is 0 Å². The van der Waals surface area contributed by atoms with E-state index in [9.17, 15) is 4.79 Å². The Labute approximate surface area is 151 Å². The van der Waals surface area contributed by atoms with Gasteiger partial charge in [-0.2, -0.15) is 0 Å². The number of aromatic nitrogens is 4. The van der Waals surface area contributed by atoms with Gasteiger partial charge in [-0.3, -0.25) is 14.3 Å². The molecular formula is C18H23N5OS. The molecule has 1 N–H and O–H groups in total. The van der Waals surface area contributed by atoms with Crippen molar-refractivity contribution in [1.29, 1.82) is 0 Å². The molecule has 2 aromatic heterocycles. The quantitative estimate of drug-likeness (QED) is 0.804. The van der Waals surface area contributed by atoms with Crippen LogP contribution in [0.25, 0.3) is 11.4 Å². The predicted molar refractivity (Wildman–Crippen MR) is 97.2 cm³/mol. The highest BCUT2D eigenvalue weighted by Gasteiger charge is 2.32. The van der Waals surface area contributed by atoms with Crippen molar-refractivity contribution in [3.05, 3.63) is 24.5 Å². The standard InChI is InChI=1S/C18H23N5OS/c1-12(17(24)20-14-6-2-3-7-14)25-18-22-21-16(23(18)15-8-9-15)13-5-4-10-19-11-13/h4-5,10-12,14-15H,2-3,6-9H2,1H3,(H,20,24). The van der Waals surface area contributed by atoms with Crippen molar-refractivity contribution in [3.8, 4) is 11.4 Å². The van der Waals surface area contributed by atoms with Crippen LogP contribution in [-0.2, 0) is 4.79 Å². The van der Waals surface area contributed by atoms with E-state index in [0.29, 0.717) is 12.1 Å². The smallest absolute Gasteiger partial charge is 0.233 e. The van der Waals surface area contributed by atoms with Crippen LogP contribution < -0.4 is 5.32 Å². The van der Waals surface area contributed by atoms with Gasteiger partial charge in [0, 0.05) is 30.0 Å². The molecule has 0 radical (unpaired) electrons. The Morgan fingerprint density at radius 1 is 1.28 bits per heavy atom. The lowest BCUT2D eigenvalue weighted by molar-refractivity contribution is -0.120. The van der Waals surface area contributed by atoms with Gasteiger partial charge in [-0.25, -0.2) is 0 Å². The maximum Gasteiger partial charge on any atom is 0.233 e. The van der Waals surface area contributed by atoms with Gasteiger partial charge >= 0.3 is 0 Å². The first kappa shape index (κ1) is 16.6. The van der Waals surface area contributed by atoms with Crippen LogP contribution in [0.5, 0.6) is 0 Å². The number of hydrogen-bond acceptors (Lipinski definition) is 5. The third-order valence-corrected chi connectivity index (χ3v) is 5.91. The van der Waals surface area contributed by atoms with Crippen molar-refractivity contribution in [3.63, 3.8) is 0 Å². The number of nitrogens with one attached hydrogen (secondary N) is 1. The van der Waals surface area contributed by atoms with Gasteiger partial charge in [-0.05, 0) is 44.7 Å². The van der Waals surface area contributed by atoms with E-state index in [4.69, 9.17) is 0 Å². The largest absolute Gasteiger partial charge is 0.352 e. The van der Waals surface area contributed by atoms with Gasteiger partial charge in [0.1, 0.15) is 0 Å². The van der Waals surface area contributed by atoms with Gasteiger partial charge in [0.05, 0.1) is 5.25 Å². The van der Waals surface area contributed by atoms with Crippen LogP contribution in [0.4, 0.5) is 0 Å². The Kier molecular flexibility index (Phi) is 4.74. The Hall–Kier alpha value is -1.89. The molecule has 0 bridgehead atoms. The van der Waals surface area contributed by atoms with Crippen molar-refractivity contribution in [2.75, 3.05) is 0 Å². The Morgan fingerprint density at radius 3 is 2.76 bits per heavy atom. The molecule has 6 nitrogen and oxygen atoms in total. The van der Waals surface area contributed by atoms with Crippen LogP contribution in [0.15, 0.2) is 29.7 Å². The van der Waals surface area contributed by atoms with Crippen LogP contribution in [0.2, 0.25) is 0 Å². The molecule has 0 aliphatic heterocycles. The molecule has 0 spiro atoms. The average Bonchev–Trinajstić information content (AvgIpc) is 3.17. The Balaban J connectivity index is 1.50. The van der Waals surface area contributed by atoms with Crippen LogP contribution in [0.1, 0.15) is 51.5 Å². The van der Waals surface area contributed by atoms with E-state index in [0.717, 1.165) is 42.2 Å². The van der Waals surface area contributed by atoms with Gasteiger partial charge in [0.15, 0.2) is 11.0 Å². The van der Waals surface area contributed by atoms with Crippen LogP contribution in [-0.4, -0.2) is 36.9 Å². The zero-order chi connectivity index (χ0) is 17.2. The second-order valence-electron chi connectivity index (χ2n) is 6.90. The molecule has 2 aromatic rings. The first-order valence-corrected chi connectivity index (χ1v) is 9.92. The summed E-state index contributed by atoms with van der Waals surface area (Å²) in [5.74, 6) is 0.951. The molecule has 1 amide bonds. The van der Waals surface area contributed by atoms with Gasteiger partial charge < -0.3 is 5.32 Å². The molecule has 2 aliphatic carbocycles. The Bertz CT molecular complexity index is 737. The topological polar surface area (TPSA) is 72.7 Å². The number of rotatable bonds is 6. The highest BCUT2D eigenvalue weighted by Crippen LogP contribution is 2.41. The summed E-state index contributed by atoms with van der Waals surface area (Å²) in [6.07, 6.45) is 10.5. The first-order chi connectivity index (χ1) is 12.2.